The number of allylic oxidation sites excluding steroid dienone is 1. The van der Waals surface area contributed by atoms with Crippen LogP contribution in [0.2, 0.25) is 5.02 Å². The van der Waals surface area contributed by atoms with Crippen molar-refractivity contribution in [1.82, 2.24) is 29.6 Å². The molecule has 460 valence electrons. The number of alkyl halides is 3. The van der Waals surface area contributed by atoms with Crippen molar-refractivity contribution in [3.63, 3.8) is 0 Å². The molecule has 10 rings (SSSR count). The van der Waals surface area contributed by atoms with Gasteiger partial charge in [0.15, 0.2) is 0 Å². The standard InChI is InChI=1S/C64H70ClF3N8O8S3/c1-63(2)27-25-54(45-12-16-49(65)17-13-45)48(40-63)41-74-34-36-75(37-35-74)51-18-14-46(15-19-51)60(78)71-87(83,84)53-20-22-56(58(39-53)86(81,82)64(66,67)68)69-50(43-85-52-9-4-3-5-10-52)26-29-73-32-30-72(31-33-73)28-7-6-8-44-11-21-55-47(38-44)42-76(62(55)80)57-23-24-59(77)70-61(57)79/h3-5,9-22,38-39,50,57,69H,7,23-37,40-43H2,1-2H3,(H,71,78)(H,70,77,79)/t50-,57?/m1/s1. The summed E-state index contributed by atoms with van der Waals surface area (Å²) in [6.07, 6.45) is 4.54. The lowest BCUT2D eigenvalue weighted by molar-refractivity contribution is -0.136. The van der Waals surface area contributed by atoms with E-state index < -0.39 is 64.7 Å². The van der Waals surface area contributed by atoms with Crippen molar-refractivity contribution >= 4 is 83.8 Å². The third-order valence-electron chi connectivity index (χ3n) is 16.9. The first-order valence-corrected chi connectivity index (χ1v) is 33.5. The van der Waals surface area contributed by atoms with Gasteiger partial charge >= 0.3 is 5.51 Å². The fraction of sp³-hybridized carbons (Fsp3) is 0.406. The maximum atomic E-state index is 14.5. The highest BCUT2D eigenvalue weighted by Gasteiger charge is 2.49. The Labute approximate surface area is 516 Å². The molecule has 2 atom stereocenters. The van der Waals surface area contributed by atoms with Crippen molar-refractivity contribution in [2.24, 2.45) is 5.41 Å². The van der Waals surface area contributed by atoms with Crippen molar-refractivity contribution in [2.75, 3.05) is 88.0 Å². The molecule has 3 fully saturated rings. The van der Waals surface area contributed by atoms with E-state index in [1.54, 1.807) is 24.3 Å². The second kappa shape index (κ2) is 26.9. The summed E-state index contributed by atoms with van der Waals surface area (Å²) in [6, 6.07) is 30.3. The molecule has 0 bridgehead atoms. The molecular weight excluding hydrogens is 1200 g/mol. The molecule has 3 saturated heterocycles. The predicted molar refractivity (Wildman–Crippen MR) is 331 cm³/mol. The SMILES string of the molecule is CC1(C)CCC(c2ccc(Cl)cc2)=C(CN2CCN(c3ccc(C(=O)NS(=O)(=O)c4ccc(N[C@H](CCN5CCN(CCC#Cc6ccc7c(c6)CN(C6CCC(=O)NC6=O)C7=O)CC5)CSc5ccccc5)c(S(=O)(=O)C(F)(F)F)c4)cc3)CC2)C1. The van der Waals surface area contributed by atoms with Crippen LogP contribution in [-0.2, 0) is 36.0 Å². The van der Waals surface area contributed by atoms with E-state index in [-0.39, 0.29) is 42.2 Å². The largest absolute Gasteiger partial charge is 0.501 e. The molecule has 0 saturated carbocycles. The second-order valence-corrected chi connectivity index (χ2v) is 28.7. The first-order valence-electron chi connectivity index (χ1n) is 29.2. The van der Waals surface area contributed by atoms with Gasteiger partial charge in [-0.3, -0.25) is 34.3 Å². The summed E-state index contributed by atoms with van der Waals surface area (Å²) in [5.41, 5.74) is 0.848. The molecular formula is C64H70ClF3N8O8S3. The van der Waals surface area contributed by atoms with Crippen molar-refractivity contribution in [1.29, 1.82) is 0 Å². The number of imide groups is 1. The van der Waals surface area contributed by atoms with E-state index in [1.165, 1.54) is 45.5 Å². The maximum absolute atomic E-state index is 14.5. The monoisotopic (exact) mass is 1270 g/mol. The maximum Gasteiger partial charge on any atom is 0.501 e. The minimum absolute atomic E-state index is 0.0223. The summed E-state index contributed by atoms with van der Waals surface area (Å²) < 4.78 is 99.7. The predicted octanol–water partition coefficient (Wildman–Crippen LogP) is 9.32. The van der Waals surface area contributed by atoms with Gasteiger partial charge < -0.3 is 20.0 Å². The molecule has 5 aromatic carbocycles. The van der Waals surface area contributed by atoms with Crippen LogP contribution in [0.3, 0.4) is 0 Å². The minimum atomic E-state index is -6.13. The number of nitrogens with one attached hydrogen (secondary N) is 3. The average molecular weight is 1270 g/mol. The molecule has 87 heavy (non-hydrogen) atoms. The minimum Gasteiger partial charge on any atom is -0.380 e. The molecule has 3 N–H and O–H groups in total. The lowest BCUT2D eigenvalue weighted by Crippen LogP contribution is -2.52. The Kier molecular flexibility index (Phi) is 19.6. The summed E-state index contributed by atoms with van der Waals surface area (Å²) in [5.74, 6) is 4.64. The summed E-state index contributed by atoms with van der Waals surface area (Å²) in [4.78, 5) is 60.2. The molecule has 4 heterocycles. The first-order chi connectivity index (χ1) is 41.5. The Morgan fingerprint density at radius 3 is 2.20 bits per heavy atom. The van der Waals surface area contributed by atoms with Crippen LogP contribution in [0.15, 0.2) is 136 Å². The topological polar surface area (TPSA) is 189 Å². The number of rotatable bonds is 19. The fourth-order valence-electron chi connectivity index (χ4n) is 11.9. The van der Waals surface area contributed by atoms with Gasteiger partial charge in [0.05, 0.1) is 10.6 Å². The third kappa shape index (κ3) is 15.6. The zero-order valence-corrected chi connectivity index (χ0v) is 51.7. The number of carbonyl (C=O) groups excluding carboxylic acids is 4. The van der Waals surface area contributed by atoms with Crippen molar-refractivity contribution in [3.05, 3.63) is 154 Å². The van der Waals surface area contributed by atoms with Gasteiger partial charge in [0.2, 0.25) is 11.8 Å². The van der Waals surface area contributed by atoms with Gasteiger partial charge in [-0.1, -0.05) is 73.2 Å². The number of benzene rings is 5. The second-order valence-electron chi connectivity index (χ2n) is 23.5. The van der Waals surface area contributed by atoms with Gasteiger partial charge in [-0.2, -0.15) is 13.2 Å². The van der Waals surface area contributed by atoms with E-state index in [9.17, 15) is 49.2 Å². The van der Waals surface area contributed by atoms with Gasteiger partial charge in [-0.15, -0.1) is 11.8 Å². The van der Waals surface area contributed by atoms with Crippen LogP contribution >= 0.6 is 23.4 Å². The summed E-state index contributed by atoms with van der Waals surface area (Å²) in [6.45, 7) is 12.8. The number of sulfone groups is 1. The van der Waals surface area contributed by atoms with Crippen molar-refractivity contribution in [3.8, 4) is 11.8 Å². The smallest absolute Gasteiger partial charge is 0.380 e. The first kappa shape index (κ1) is 63.3. The average Bonchev–Trinajstić information content (AvgIpc) is 1.82. The van der Waals surface area contributed by atoms with Gasteiger partial charge in [-0.05, 0) is 139 Å². The van der Waals surface area contributed by atoms with E-state index in [4.69, 9.17) is 11.6 Å². The molecule has 16 nitrogen and oxygen atoms in total. The molecule has 1 unspecified atom stereocenters. The van der Waals surface area contributed by atoms with Crippen LogP contribution in [0.25, 0.3) is 5.57 Å². The normalized spacial score (nSPS) is 19.3. The summed E-state index contributed by atoms with van der Waals surface area (Å²) in [7, 11) is -11.0. The van der Waals surface area contributed by atoms with E-state index >= 15 is 0 Å². The van der Waals surface area contributed by atoms with E-state index in [0.29, 0.717) is 61.4 Å². The molecule has 5 aromatic rings. The van der Waals surface area contributed by atoms with Crippen LogP contribution in [0, 0.1) is 17.3 Å². The molecule has 5 aliphatic rings. The lowest BCUT2D eigenvalue weighted by atomic mass is 9.73. The summed E-state index contributed by atoms with van der Waals surface area (Å²) in [5, 5.41) is 6.07. The van der Waals surface area contributed by atoms with Crippen LogP contribution in [0.1, 0.15) is 96.2 Å². The van der Waals surface area contributed by atoms with Gasteiger partial charge in [-0.25, -0.2) is 21.6 Å². The van der Waals surface area contributed by atoms with Crippen LogP contribution in [0.5, 0.6) is 0 Å². The molecule has 1 aliphatic carbocycles. The van der Waals surface area contributed by atoms with Gasteiger partial charge in [0, 0.05) is 135 Å². The Morgan fingerprint density at radius 2 is 1.51 bits per heavy atom. The molecule has 0 radical (unpaired) electrons. The highest BCUT2D eigenvalue weighted by molar-refractivity contribution is 7.99. The van der Waals surface area contributed by atoms with E-state index in [1.807, 2.05) is 53.3 Å². The van der Waals surface area contributed by atoms with Crippen LogP contribution < -0.4 is 20.3 Å². The molecule has 0 spiro atoms. The number of carbonyl (C=O) groups is 4. The molecule has 4 amide bonds. The number of fused-ring (bicyclic) bond motifs is 1. The van der Waals surface area contributed by atoms with Crippen LogP contribution in [-0.4, -0.2) is 155 Å². The Hall–Kier alpha value is -6.71. The summed E-state index contributed by atoms with van der Waals surface area (Å²) >= 11 is 7.65. The number of hydrogen-bond acceptors (Lipinski definition) is 14. The number of nitrogens with zero attached hydrogens (tertiary/aromatic N) is 5. The van der Waals surface area contributed by atoms with E-state index in [0.717, 1.165) is 98.9 Å². The number of halogens is 4. The van der Waals surface area contributed by atoms with Crippen molar-refractivity contribution in [2.45, 2.75) is 97.6 Å². The Bertz CT molecular complexity index is 3710. The zero-order chi connectivity index (χ0) is 61.7. The molecule has 0 aromatic heterocycles. The van der Waals surface area contributed by atoms with Gasteiger partial charge in [0.1, 0.15) is 10.9 Å². The molecule has 4 aliphatic heterocycles. The highest BCUT2D eigenvalue weighted by atomic mass is 35.5. The third-order valence-corrected chi connectivity index (χ3v) is 21.1. The highest BCUT2D eigenvalue weighted by Crippen LogP contribution is 2.43. The van der Waals surface area contributed by atoms with E-state index in [2.05, 4.69) is 68.1 Å². The number of piperidine rings is 1. The Balaban J connectivity index is 0.742. The number of sulfonamides is 1. The zero-order valence-electron chi connectivity index (χ0n) is 48.5. The Morgan fingerprint density at radius 1 is 0.816 bits per heavy atom. The fourth-order valence-corrected chi connectivity index (χ4v) is 15.1. The lowest BCUT2D eigenvalue weighted by Gasteiger charge is -2.39. The number of anilines is 2. The quantitative estimate of drug-likeness (QED) is 0.0403. The number of amides is 4. The van der Waals surface area contributed by atoms with Crippen molar-refractivity contribution < 1.29 is 49.2 Å². The van der Waals surface area contributed by atoms with Gasteiger partial charge in [0.25, 0.3) is 31.7 Å². The van der Waals surface area contributed by atoms with Crippen LogP contribution in [0.4, 0.5) is 24.5 Å². The molecule has 23 heteroatoms. The number of piperazine rings is 2. The number of thioether (sulfide) groups is 1. The number of hydrogen-bond donors (Lipinski definition) is 3.